The Balaban J connectivity index is 1.50. The molecule has 9 nitrogen and oxygen atoms in total. The zero-order valence-corrected chi connectivity index (χ0v) is 16.6. The van der Waals surface area contributed by atoms with Crippen LogP contribution in [-0.2, 0) is 21.2 Å². The molecule has 150 valence electrons. The predicted octanol–water partition coefficient (Wildman–Crippen LogP) is 2.04. The highest BCUT2D eigenvalue weighted by atomic mass is 32.2. The molecule has 1 aromatic heterocycles. The predicted molar refractivity (Wildman–Crippen MR) is 107 cm³/mol. The molecule has 0 spiro atoms. The van der Waals surface area contributed by atoms with Crippen molar-refractivity contribution in [3.05, 3.63) is 35.3 Å². The number of primary sulfonamides is 1. The minimum atomic E-state index is -3.77. The Bertz CT molecular complexity index is 950. The molecule has 1 aliphatic rings. The summed E-state index contributed by atoms with van der Waals surface area (Å²) >= 11 is 1.25. The summed E-state index contributed by atoms with van der Waals surface area (Å²) < 4.78 is 22.5. The molecule has 1 heterocycles. The summed E-state index contributed by atoms with van der Waals surface area (Å²) in [6.07, 6.45) is 4.28. The van der Waals surface area contributed by atoms with Crippen molar-refractivity contribution in [2.24, 2.45) is 5.14 Å². The lowest BCUT2D eigenvalue weighted by atomic mass is 10.3. The van der Waals surface area contributed by atoms with Crippen LogP contribution in [0.25, 0.3) is 0 Å². The van der Waals surface area contributed by atoms with Crippen LogP contribution in [0, 0.1) is 0 Å². The summed E-state index contributed by atoms with van der Waals surface area (Å²) in [4.78, 5) is 28.3. The first-order chi connectivity index (χ1) is 13.3. The highest BCUT2D eigenvalue weighted by molar-refractivity contribution is 7.89. The number of aromatic nitrogens is 1. The van der Waals surface area contributed by atoms with Gasteiger partial charge in [-0.2, -0.15) is 0 Å². The second kappa shape index (κ2) is 8.67. The van der Waals surface area contributed by atoms with Crippen molar-refractivity contribution < 1.29 is 18.0 Å². The SMILES string of the molecule is NS(=O)(=O)c1ccc(NC(=O)Cc2csc(NC(=O)NC3CCCC3)n2)cc1. The van der Waals surface area contributed by atoms with Crippen molar-refractivity contribution in [3.63, 3.8) is 0 Å². The van der Waals surface area contributed by atoms with E-state index in [1.807, 2.05) is 0 Å². The number of carbonyl (C=O) groups excluding carboxylic acids is 2. The molecular formula is C17H21N5O4S2. The monoisotopic (exact) mass is 423 g/mol. The Morgan fingerprint density at radius 2 is 1.82 bits per heavy atom. The number of benzene rings is 1. The lowest BCUT2D eigenvalue weighted by molar-refractivity contribution is -0.115. The third kappa shape index (κ3) is 5.75. The molecule has 0 aliphatic heterocycles. The first-order valence-electron chi connectivity index (χ1n) is 8.74. The number of nitrogens with two attached hydrogens (primary N) is 1. The fourth-order valence-electron chi connectivity index (χ4n) is 2.93. The van der Waals surface area contributed by atoms with E-state index in [9.17, 15) is 18.0 Å². The molecule has 5 N–H and O–H groups in total. The average Bonchev–Trinajstić information content (AvgIpc) is 3.26. The molecule has 0 atom stereocenters. The van der Waals surface area contributed by atoms with E-state index in [0.717, 1.165) is 25.7 Å². The molecule has 1 aromatic carbocycles. The van der Waals surface area contributed by atoms with Crippen LogP contribution < -0.4 is 21.1 Å². The normalized spacial score (nSPS) is 14.6. The number of rotatable bonds is 6. The lowest BCUT2D eigenvalue weighted by Gasteiger charge is -2.11. The molecule has 11 heteroatoms. The number of carbonyl (C=O) groups is 2. The zero-order valence-electron chi connectivity index (χ0n) is 15.0. The Labute approximate surface area is 166 Å². The minimum Gasteiger partial charge on any atom is -0.335 e. The molecule has 1 fully saturated rings. The smallest absolute Gasteiger partial charge is 0.321 e. The third-order valence-electron chi connectivity index (χ3n) is 4.27. The maximum absolute atomic E-state index is 12.1. The number of thiazole rings is 1. The van der Waals surface area contributed by atoms with E-state index in [2.05, 4.69) is 20.9 Å². The van der Waals surface area contributed by atoms with Crippen molar-refractivity contribution in [3.8, 4) is 0 Å². The number of anilines is 2. The van der Waals surface area contributed by atoms with Crippen LogP contribution in [0.5, 0.6) is 0 Å². The molecular weight excluding hydrogens is 402 g/mol. The van der Waals surface area contributed by atoms with Gasteiger partial charge in [-0.15, -0.1) is 11.3 Å². The van der Waals surface area contributed by atoms with Gasteiger partial charge in [-0.1, -0.05) is 12.8 Å². The van der Waals surface area contributed by atoms with Gasteiger partial charge in [0.2, 0.25) is 15.9 Å². The Hall–Kier alpha value is -2.50. The van der Waals surface area contributed by atoms with Crippen molar-refractivity contribution >= 4 is 44.1 Å². The van der Waals surface area contributed by atoms with Gasteiger partial charge in [0.1, 0.15) is 0 Å². The third-order valence-corrected chi connectivity index (χ3v) is 6.01. The van der Waals surface area contributed by atoms with Gasteiger partial charge in [-0.05, 0) is 37.1 Å². The van der Waals surface area contributed by atoms with Gasteiger partial charge in [-0.3, -0.25) is 10.1 Å². The number of urea groups is 1. The molecule has 0 saturated heterocycles. The first kappa shape index (κ1) is 20.2. The van der Waals surface area contributed by atoms with Gasteiger partial charge >= 0.3 is 6.03 Å². The van der Waals surface area contributed by atoms with E-state index < -0.39 is 10.0 Å². The Kier molecular flexibility index (Phi) is 6.27. The maximum atomic E-state index is 12.1. The fourth-order valence-corrected chi connectivity index (χ4v) is 4.15. The maximum Gasteiger partial charge on any atom is 0.321 e. The highest BCUT2D eigenvalue weighted by Crippen LogP contribution is 2.19. The summed E-state index contributed by atoms with van der Waals surface area (Å²) in [5, 5.41) is 15.4. The number of sulfonamides is 1. The van der Waals surface area contributed by atoms with Gasteiger partial charge < -0.3 is 10.6 Å². The topological polar surface area (TPSA) is 143 Å². The molecule has 3 amide bonds. The molecule has 0 radical (unpaired) electrons. The van der Waals surface area contributed by atoms with Crippen molar-refractivity contribution in [2.45, 2.75) is 43.0 Å². The van der Waals surface area contributed by atoms with E-state index in [0.29, 0.717) is 16.5 Å². The van der Waals surface area contributed by atoms with Gasteiger partial charge in [0.15, 0.2) is 5.13 Å². The van der Waals surface area contributed by atoms with Crippen molar-refractivity contribution in [1.82, 2.24) is 10.3 Å². The molecule has 0 bridgehead atoms. The van der Waals surface area contributed by atoms with Crippen LogP contribution >= 0.6 is 11.3 Å². The summed E-state index contributed by atoms with van der Waals surface area (Å²) in [6, 6.07) is 5.48. The van der Waals surface area contributed by atoms with E-state index in [4.69, 9.17) is 5.14 Å². The van der Waals surface area contributed by atoms with E-state index in [1.165, 1.54) is 35.6 Å². The quantitative estimate of drug-likeness (QED) is 0.562. The zero-order chi connectivity index (χ0) is 20.1. The Morgan fingerprint density at radius 3 is 2.46 bits per heavy atom. The van der Waals surface area contributed by atoms with Crippen LogP contribution in [0.2, 0.25) is 0 Å². The van der Waals surface area contributed by atoms with Crippen LogP contribution in [0.1, 0.15) is 31.4 Å². The van der Waals surface area contributed by atoms with Gasteiger partial charge in [0, 0.05) is 17.1 Å². The average molecular weight is 424 g/mol. The largest absolute Gasteiger partial charge is 0.335 e. The second-order valence-corrected chi connectivity index (χ2v) is 8.94. The number of hydrogen-bond acceptors (Lipinski definition) is 6. The number of nitrogens with one attached hydrogen (secondary N) is 3. The van der Waals surface area contributed by atoms with Crippen LogP contribution in [-0.4, -0.2) is 31.4 Å². The molecule has 1 saturated carbocycles. The van der Waals surface area contributed by atoms with Crippen molar-refractivity contribution in [1.29, 1.82) is 0 Å². The van der Waals surface area contributed by atoms with Crippen LogP contribution in [0.3, 0.4) is 0 Å². The fraction of sp³-hybridized carbons (Fsp3) is 0.353. The summed E-state index contributed by atoms with van der Waals surface area (Å²) in [7, 11) is -3.77. The second-order valence-electron chi connectivity index (χ2n) is 6.52. The standard InChI is InChI=1S/C17H21N5O4S2/c18-28(25,26)14-7-5-12(6-8-14)19-15(23)9-13-10-27-17(21-13)22-16(24)20-11-3-1-2-4-11/h5-8,10-11H,1-4,9H2,(H,19,23)(H2,18,25,26)(H2,20,21,22,24). The molecule has 1 aliphatic carbocycles. The molecule has 2 aromatic rings. The van der Waals surface area contributed by atoms with Crippen LogP contribution in [0.4, 0.5) is 15.6 Å². The highest BCUT2D eigenvalue weighted by Gasteiger charge is 2.18. The summed E-state index contributed by atoms with van der Waals surface area (Å²) in [6.45, 7) is 0. The van der Waals surface area contributed by atoms with Crippen molar-refractivity contribution in [2.75, 3.05) is 10.6 Å². The van der Waals surface area contributed by atoms with Gasteiger partial charge in [0.25, 0.3) is 0 Å². The van der Waals surface area contributed by atoms with Gasteiger partial charge in [0.05, 0.1) is 17.0 Å². The number of hydrogen-bond donors (Lipinski definition) is 4. The minimum absolute atomic E-state index is 0.0271. The van der Waals surface area contributed by atoms with E-state index in [1.54, 1.807) is 5.38 Å². The van der Waals surface area contributed by atoms with E-state index >= 15 is 0 Å². The molecule has 3 rings (SSSR count). The van der Waals surface area contributed by atoms with Crippen LogP contribution in [0.15, 0.2) is 34.5 Å². The number of nitrogens with zero attached hydrogens (tertiary/aromatic N) is 1. The lowest BCUT2D eigenvalue weighted by Crippen LogP contribution is -2.36. The summed E-state index contributed by atoms with van der Waals surface area (Å²) in [5.74, 6) is -0.310. The number of amides is 3. The Morgan fingerprint density at radius 1 is 1.14 bits per heavy atom. The molecule has 0 unspecified atom stereocenters. The molecule has 28 heavy (non-hydrogen) atoms. The summed E-state index contributed by atoms with van der Waals surface area (Å²) in [5.41, 5.74) is 0.974. The van der Waals surface area contributed by atoms with Gasteiger partial charge in [-0.25, -0.2) is 23.3 Å². The van der Waals surface area contributed by atoms with E-state index in [-0.39, 0.29) is 29.3 Å². The first-order valence-corrected chi connectivity index (χ1v) is 11.2.